The third-order valence-electron chi connectivity index (χ3n) is 5.30. The summed E-state index contributed by atoms with van der Waals surface area (Å²) in [4.78, 5) is 8.43. The number of ether oxygens (including phenoxy) is 1. The lowest BCUT2D eigenvalue weighted by molar-refractivity contribution is 0.379. The van der Waals surface area contributed by atoms with Gasteiger partial charge in [-0.2, -0.15) is 14.7 Å². The minimum atomic E-state index is 0.374. The van der Waals surface area contributed by atoms with E-state index in [2.05, 4.69) is 26.2 Å². The maximum absolute atomic E-state index is 5.04. The van der Waals surface area contributed by atoms with Gasteiger partial charge in [0.15, 0.2) is 11.5 Å². The minimum Gasteiger partial charge on any atom is -0.467 e. The van der Waals surface area contributed by atoms with Crippen LogP contribution in [0.25, 0.3) is 17.0 Å². The Morgan fingerprint density at radius 1 is 1.04 bits per heavy atom. The Morgan fingerprint density at radius 3 is 2.57 bits per heavy atom. The van der Waals surface area contributed by atoms with Crippen LogP contribution in [-0.4, -0.2) is 46.7 Å². The van der Waals surface area contributed by atoms with Crippen molar-refractivity contribution in [2.45, 2.75) is 32.1 Å². The van der Waals surface area contributed by atoms with E-state index in [0.29, 0.717) is 17.8 Å². The van der Waals surface area contributed by atoms with Crippen molar-refractivity contribution in [3.05, 3.63) is 47.2 Å². The summed E-state index contributed by atoms with van der Waals surface area (Å²) in [7, 11) is 3.52. The van der Waals surface area contributed by atoms with Crippen molar-refractivity contribution in [1.82, 2.24) is 39.6 Å². The quantitative estimate of drug-likeness (QED) is 0.539. The highest BCUT2D eigenvalue weighted by atomic mass is 16.5. The predicted octanol–water partition coefficient (Wildman–Crippen LogP) is 2.21. The number of methoxy groups -OCH3 is 1. The van der Waals surface area contributed by atoms with Crippen LogP contribution in [0, 0.1) is 13.8 Å². The van der Waals surface area contributed by atoms with Gasteiger partial charge in [0, 0.05) is 25.4 Å². The molecule has 1 aliphatic rings. The van der Waals surface area contributed by atoms with Crippen molar-refractivity contribution in [2.75, 3.05) is 7.11 Å². The maximum atomic E-state index is 5.04. The molecular formula is C19H20N8O. The monoisotopic (exact) mass is 376 g/mol. The smallest absolute Gasteiger partial charge is 0.316 e. The molecular weight excluding hydrogens is 356 g/mol. The molecule has 1 aliphatic carbocycles. The fourth-order valence-electron chi connectivity index (χ4n) is 3.68. The van der Waals surface area contributed by atoms with E-state index in [1.165, 1.54) is 0 Å². The van der Waals surface area contributed by atoms with Crippen molar-refractivity contribution in [2.24, 2.45) is 7.05 Å². The molecule has 2 unspecified atom stereocenters. The second-order valence-corrected chi connectivity index (χ2v) is 7.23. The first kappa shape index (κ1) is 16.8. The van der Waals surface area contributed by atoms with Gasteiger partial charge in [-0.3, -0.25) is 4.68 Å². The first-order valence-electron chi connectivity index (χ1n) is 9.15. The molecule has 1 saturated carbocycles. The van der Waals surface area contributed by atoms with Gasteiger partial charge in [0.25, 0.3) is 0 Å². The lowest BCUT2D eigenvalue weighted by Gasteiger charge is -2.04. The summed E-state index contributed by atoms with van der Waals surface area (Å²) in [6.45, 7) is 3.92. The molecule has 0 aromatic carbocycles. The average molecular weight is 376 g/mol. The van der Waals surface area contributed by atoms with Gasteiger partial charge in [0.2, 0.25) is 0 Å². The number of rotatable bonds is 4. The zero-order chi connectivity index (χ0) is 19.4. The van der Waals surface area contributed by atoms with Crippen LogP contribution in [0.2, 0.25) is 0 Å². The molecule has 5 rings (SSSR count). The van der Waals surface area contributed by atoms with E-state index in [9.17, 15) is 0 Å². The van der Waals surface area contributed by atoms with E-state index in [-0.39, 0.29) is 0 Å². The Labute approximate surface area is 161 Å². The second-order valence-electron chi connectivity index (χ2n) is 7.23. The second kappa shape index (κ2) is 6.08. The highest BCUT2D eigenvalue weighted by Gasteiger charge is 2.42. The molecule has 0 N–H and O–H groups in total. The molecule has 0 saturated heterocycles. The molecule has 142 valence electrons. The zero-order valence-corrected chi connectivity index (χ0v) is 16.2. The molecule has 0 spiro atoms. The first-order valence-corrected chi connectivity index (χ1v) is 9.15. The number of nitrogens with zero attached hydrogens (tertiary/aromatic N) is 8. The molecule has 0 aliphatic heterocycles. The average Bonchev–Trinajstić information content (AvgIpc) is 3.28. The summed E-state index contributed by atoms with van der Waals surface area (Å²) in [6.07, 6.45) is 4.73. The van der Waals surface area contributed by atoms with Crippen LogP contribution in [0.15, 0.2) is 24.5 Å². The van der Waals surface area contributed by atoms with Gasteiger partial charge in [0.05, 0.1) is 18.5 Å². The molecule has 0 bridgehead atoms. The molecule has 0 amide bonds. The SMILES string of the molecule is COc1ncc(C2CC2c2cc(-c3cc(C)c4nnc(C)n4n3)n(C)n2)cn1. The summed E-state index contributed by atoms with van der Waals surface area (Å²) in [6, 6.07) is 4.55. The van der Waals surface area contributed by atoms with Crippen LogP contribution in [0.4, 0.5) is 0 Å². The van der Waals surface area contributed by atoms with Crippen LogP contribution < -0.4 is 4.74 Å². The van der Waals surface area contributed by atoms with E-state index >= 15 is 0 Å². The zero-order valence-electron chi connectivity index (χ0n) is 16.2. The molecule has 2 atom stereocenters. The van der Waals surface area contributed by atoms with E-state index in [4.69, 9.17) is 14.9 Å². The van der Waals surface area contributed by atoms with Crippen LogP contribution >= 0.6 is 0 Å². The van der Waals surface area contributed by atoms with Crippen LogP contribution in [0.1, 0.15) is 40.9 Å². The van der Waals surface area contributed by atoms with E-state index < -0.39 is 0 Å². The Bertz CT molecular complexity index is 1180. The Kier molecular flexibility index (Phi) is 3.65. The lowest BCUT2D eigenvalue weighted by atomic mass is 10.1. The molecule has 0 radical (unpaired) electrons. The van der Waals surface area contributed by atoms with Gasteiger partial charge in [0.1, 0.15) is 5.69 Å². The van der Waals surface area contributed by atoms with Crippen molar-refractivity contribution in [3.8, 4) is 17.4 Å². The number of aryl methyl sites for hydroxylation is 3. The lowest BCUT2D eigenvalue weighted by Crippen LogP contribution is -2.02. The van der Waals surface area contributed by atoms with Crippen molar-refractivity contribution < 1.29 is 4.74 Å². The van der Waals surface area contributed by atoms with Crippen LogP contribution in [0.3, 0.4) is 0 Å². The van der Waals surface area contributed by atoms with Crippen molar-refractivity contribution in [1.29, 1.82) is 0 Å². The summed E-state index contributed by atoms with van der Waals surface area (Å²) in [5, 5.41) is 17.8. The minimum absolute atomic E-state index is 0.374. The van der Waals surface area contributed by atoms with E-state index in [0.717, 1.165) is 46.1 Å². The first-order chi connectivity index (χ1) is 13.5. The Morgan fingerprint density at radius 2 is 1.82 bits per heavy atom. The number of fused-ring (bicyclic) bond motifs is 1. The topological polar surface area (TPSA) is 95.9 Å². The highest BCUT2D eigenvalue weighted by Crippen LogP contribution is 2.54. The third-order valence-corrected chi connectivity index (χ3v) is 5.30. The Balaban J connectivity index is 1.46. The van der Waals surface area contributed by atoms with Gasteiger partial charge >= 0.3 is 6.01 Å². The summed E-state index contributed by atoms with van der Waals surface area (Å²) in [5.74, 6) is 1.54. The van der Waals surface area contributed by atoms with Crippen molar-refractivity contribution in [3.63, 3.8) is 0 Å². The van der Waals surface area contributed by atoms with Gasteiger partial charge in [-0.05, 0) is 49.4 Å². The van der Waals surface area contributed by atoms with Crippen LogP contribution in [-0.2, 0) is 7.05 Å². The molecule has 9 nitrogen and oxygen atoms in total. The molecule has 1 fully saturated rings. The molecule has 28 heavy (non-hydrogen) atoms. The van der Waals surface area contributed by atoms with Gasteiger partial charge < -0.3 is 4.74 Å². The standard InChI is InChI=1S/C19H20N8O/c1-10-5-16(25-27-11(2)22-23-18(10)27)17-7-15(24-26(17)3)14-6-13(14)12-8-20-19(28-4)21-9-12/h5,7-9,13-14H,6H2,1-4H3. The summed E-state index contributed by atoms with van der Waals surface area (Å²) >= 11 is 0. The molecule has 4 aromatic heterocycles. The third kappa shape index (κ3) is 2.62. The fourth-order valence-corrected chi connectivity index (χ4v) is 3.68. The molecule has 4 heterocycles. The predicted molar refractivity (Wildman–Crippen MR) is 101 cm³/mol. The molecule has 9 heteroatoms. The number of hydrogen-bond donors (Lipinski definition) is 0. The van der Waals surface area contributed by atoms with Crippen molar-refractivity contribution >= 4 is 5.65 Å². The fraction of sp³-hybridized carbons (Fsp3) is 0.368. The van der Waals surface area contributed by atoms with E-state index in [1.807, 2.05) is 44.0 Å². The largest absolute Gasteiger partial charge is 0.467 e. The van der Waals surface area contributed by atoms with Crippen LogP contribution in [0.5, 0.6) is 6.01 Å². The van der Waals surface area contributed by atoms with Gasteiger partial charge in [-0.1, -0.05) is 0 Å². The maximum Gasteiger partial charge on any atom is 0.316 e. The molecule has 4 aromatic rings. The van der Waals surface area contributed by atoms with Gasteiger partial charge in [-0.15, -0.1) is 10.2 Å². The Hall–Kier alpha value is -3.36. The summed E-state index contributed by atoms with van der Waals surface area (Å²) < 4.78 is 8.71. The number of hydrogen-bond acceptors (Lipinski definition) is 7. The summed E-state index contributed by atoms with van der Waals surface area (Å²) in [5.41, 5.74) is 5.84. The normalized spacial score (nSPS) is 18.6. The van der Waals surface area contributed by atoms with E-state index in [1.54, 1.807) is 11.6 Å². The number of aromatic nitrogens is 8. The highest BCUT2D eigenvalue weighted by molar-refractivity contribution is 5.60. The van der Waals surface area contributed by atoms with Gasteiger partial charge in [-0.25, -0.2) is 9.97 Å².